The van der Waals surface area contributed by atoms with E-state index in [1.807, 2.05) is 0 Å². The summed E-state index contributed by atoms with van der Waals surface area (Å²) in [4.78, 5) is 0. The average molecular weight is 219 g/mol. The first-order chi connectivity index (χ1) is 6.65. The van der Waals surface area contributed by atoms with Gasteiger partial charge in [-0.1, -0.05) is 17.7 Å². The Morgan fingerprint density at radius 3 is 2.71 bits per heavy atom. The number of rotatable bonds is 4. The van der Waals surface area contributed by atoms with Crippen LogP contribution in [-0.2, 0) is 6.42 Å². The summed E-state index contributed by atoms with van der Waals surface area (Å²) in [6.45, 7) is -0.313. The summed E-state index contributed by atoms with van der Waals surface area (Å²) in [5, 5.41) is 18.0. The van der Waals surface area contributed by atoms with Crippen molar-refractivity contribution < 1.29 is 14.6 Å². The summed E-state index contributed by atoms with van der Waals surface area (Å²) in [7, 11) is 0. The Labute approximate surface area is 86.9 Å². The minimum Gasteiger partial charge on any atom is -0.394 e. The van der Waals surface area contributed by atoms with Crippen LogP contribution in [0.5, 0.6) is 0 Å². The van der Waals surface area contributed by atoms with E-state index in [1.165, 1.54) is 12.1 Å². The maximum atomic E-state index is 13.2. The van der Waals surface area contributed by atoms with Crippen LogP contribution < -0.4 is 0 Å². The molecule has 0 spiro atoms. The van der Waals surface area contributed by atoms with Gasteiger partial charge < -0.3 is 10.2 Å². The van der Waals surface area contributed by atoms with E-state index in [9.17, 15) is 4.39 Å². The molecule has 78 valence electrons. The normalized spacial score (nSPS) is 12.9. The number of hydrogen-bond donors (Lipinski definition) is 2. The van der Waals surface area contributed by atoms with Gasteiger partial charge in [0.05, 0.1) is 12.7 Å². The second kappa shape index (κ2) is 5.29. The van der Waals surface area contributed by atoms with Gasteiger partial charge in [-0.2, -0.15) is 0 Å². The van der Waals surface area contributed by atoms with Crippen molar-refractivity contribution in [1.29, 1.82) is 0 Å². The third-order valence-corrected chi connectivity index (χ3v) is 2.35. The summed E-state index contributed by atoms with van der Waals surface area (Å²) in [5.41, 5.74) is 0.390. The fourth-order valence-corrected chi connectivity index (χ4v) is 1.43. The van der Waals surface area contributed by atoms with Crippen LogP contribution in [0.3, 0.4) is 0 Å². The van der Waals surface area contributed by atoms with Gasteiger partial charge in [-0.3, -0.25) is 0 Å². The molecule has 1 unspecified atom stereocenters. The summed E-state index contributed by atoms with van der Waals surface area (Å²) >= 11 is 5.77. The van der Waals surface area contributed by atoms with Crippen LogP contribution in [-0.4, -0.2) is 22.9 Å². The molecular formula is C10H12ClFO2. The molecule has 14 heavy (non-hydrogen) atoms. The van der Waals surface area contributed by atoms with Crippen LogP contribution in [0.4, 0.5) is 4.39 Å². The van der Waals surface area contributed by atoms with Crippen molar-refractivity contribution >= 4 is 11.6 Å². The van der Waals surface area contributed by atoms with E-state index < -0.39 is 6.10 Å². The Kier molecular flexibility index (Phi) is 4.32. The Morgan fingerprint density at radius 2 is 2.14 bits per heavy atom. The molecule has 0 aliphatic heterocycles. The number of aliphatic hydroxyl groups is 2. The minimum absolute atomic E-state index is 0.303. The lowest BCUT2D eigenvalue weighted by molar-refractivity contribution is 0.0884. The molecule has 1 rings (SSSR count). The molecule has 0 bridgehead atoms. The summed E-state index contributed by atoms with van der Waals surface area (Å²) in [6.07, 6.45) is -0.185. The highest BCUT2D eigenvalue weighted by Gasteiger charge is 2.09. The van der Waals surface area contributed by atoms with E-state index in [4.69, 9.17) is 21.8 Å². The summed E-state index contributed by atoms with van der Waals surface area (Å²) in [6, 6.07) is 4.46. The third kappa shape index (κ3) is 2.94. The molecule has 0 radical (unpaired) electrons. The van der Waals surface area contributed by atoms with E-state index in [-0.39, 0.29) is 12.4 Å². The van der Waals surface area contributed by atoms with Gasteiger partial charge in [0, 0.05) is 10.6 Å². The minimum atomic E-state index is -0.814. The van der Waals surface area contributed by atoms with Gasteiger partial charge in [0.15, 0.2) is 0 Å². The van der Waals surface area contributed by atoms with Crippen LogP contribution in [0.2, 0.25) is 5.02 Å². The molecule has 0 heterocycles. The van der Waals surface area contributed by atoms with Gasteiger partial charge in [0.1, 0.15) is 5.82 Å². The predicted octanol–water partition coefficient (Wildman–Crippen LogP) is 1.76. The van der Waals surface area contributed by atoms with Crippen molar-refractivity contribution in [2.75, 3.05) is 6.61 Å². The van der Waals surface area contributed by atoms with Gasteiger partial charge >= 0.3 is 0 Å². The molecule has 0 aliphatic carbocycles. The first kappa shape index (κ1) is 11.4. The summed E-state index contributed by atoms with van der Waals surface area (Å²) in [5.74, 6) is -0.373. The van der Waals surface area contributed by atoms with Crippen LogP contribution in [0.1, 0.15) is 12.0 Å². The molecule has 0 fully saturated rings. The smallest absolute Gasteiger partial charge is 0.127 e. The van der Waals surface area contributed by atoms with Gasteiger partial charge in [-0.15, -0.1) is 0 Å². The molecule has 0 saturated heterocycles. The zero-order chi connectivity index (χ0) is 10.6. The van der Waals surface area contributed by atoms with Gasteiger partial charge in [0.2, 0.25) is 0 Å². The molecule has 0 saturated carbocycles. The van der Waals surface area contributed by atoms with Crippen molar-refractivity contribution in [2.24, 2.45) is 0 Å². The number of halogens is 2. The molecule has 1 aromatic carbocycles. The van der Waals surface area contributed by atoms with Gasteiger partial charge in [-0.25, -0.2) is 4.39 Å². The lowest BCUT2D eigenvalue weighted by atomic mass is 10.1. The largest absolute Gasteiger partial charge is 0.394 e. The number of hydrogen-bond acceptors (Lipinski definition) is 2. The van der Waals surface area contributed by atoms with Crippen molar-refractivity contribution in [1.82, 2.24) is 0 Å². The lowest BCUT2D eigenvalue weighted by Gasteiger charge is -2.08. The Morgan fingerprint density at radius 1 is 1.43 bits per heavy atom. The Hall–Kier alpha value is -0.640. The van der Waals surface area contributed by atoms with Crippen molar-refractivity contribution in [3.05, 3.63) is 34.6 Å². The van der Waals surface area contributed by atoms with E-state index >= 15 is 0 Å². The fraction of sp³-hybridized carbons (Fsp3) is 0.400. The molecule has 0 aliphatic rings. The van der Waals surface area contributed by atoms with E-state index in [2.05, 4.69) is 0 Å². The number of aliphatic hydroxyl groups excluding tert-OH is 2. The first-order valence-corrected chi connectivity index (χ1v) is 4.74. The molecule has 1 aromatic rings. The standard InChI is InChI=1S/C10H12ClFO2/c11-9-2-1-3-10(12)8(9)5-4-7(14)6-13/h1-3,7,13-14H,4-6H2. The maximum Gasteiger partial charge on any atom is 0.127 e. The molecular weight excluding hydrogens is 207 g/mol. The van der Waals surface area contributed by atoms with E-state index in [0.717, 1.165) is 0 Å². The predicted molar refractivity (Wildman–Crippen MR) is 52.8 cm³/mol. The highest BCUT2D eigenvalue weighted by atomic mass is 35.5. The molecule has 0 aromatic heterocycles. The zero-order valence-corrected chi connectivity index (χ0v) is 8.34. The van der Waals surface area contributed by atoms with E-state index in [1.54, 1.807) is 6.07 Å². The van der Waals surface area contributed by atoms with Crippen LogP contribution in [0, 0.1) is 5.82 Å². The second-order valence-corrected chi connectivity index (χ2v) is 3.48. The van der Waals surface area contributed by atoms with Crippen molar-refractivity contribution in [3.63, 3.8) is 0 Å². The first-order valence-electron chi connectivity index (χ1n) is 4.37. The highest BCUT2D eigenvalue weighted by Crippen LogP contribution is 2.20. The number of benzene rings is 1. The van der Waals surface area contributed by atoms with Crippen molar-refractivity contribution in [2.45, 2.75) is 18.9 Å². The van der Waals surface area contributed by atoms with Gasteiger partial charge in [-0.05, 0) is 25.0 Å². The quantitative estimate of drug-likeness (QED) is 0.809. The van der Waals surface area contributed by atoms with Crippen LogP contribution in [0.25, 0.3) is 0 Å². The monoisotopic (exact) mass is 218 g/mol. The molecule has 2 nitrogen and oxygen atoms in total. The zero-order valence-electron chi connectivity index (χ0n) is 7.58. The van der Waals surface area contributed by atoms with Crippen LogP contribution >= 0.6 is 11.6 Å². The lowest BCUT2D eigenvalue weighted by Crippen LogP contribution is -2.13. The maximum absolute atomic E-state index is 13.2. The Balaban J connectivity index is 2.66. The molecule has 4 heteroatoms. The fourth-order valence-electron chi connectivity index (χ4n) is 1.17. The average Bonchev–Trinajstić information content (AvgIpc) is 2.16. The second-order valence-electron chi connectivity index (χ2n) is 3.08. The molecule has 0 amide bonds. The third-order valence-electron chi connectivity index (χ3n) is 2.00. The van der Waals surface area contributed by atoms with Gasteiger partial charge in [0.25, 0.3) is 0 Å². The Bertz CT molecular complexity index is 284. The summed E-state index contributed by atoms with van der Waals surface area (Å²) < 4.78 is 13.2. The van der Waals surface area contributed by atoms with Crippen molar-refractivity contribution in [3.8, 4) is 0 Å². The molecule has 2 N–H and O–H groups in total. The topological polar surface area (TPSA) is 40.5 Å². The van der Waals surface area contributed by atoms with E-state index in [0.29, 0.717) is 23.4 Å². The highest BCUT2D eigenvalue weighted by molar-refractivity contribution is 6.31. The SMILES string of the molecule is OCC(O)CCc1c(F)cccc1Cl. The van der Waals surface area contributed by atoms with Crippen LogP contribution in [0.15, 0.2) is 18.2 Å². The molecule has 1 atom stereocenters.